The van der Waals surface area contributed by atoms with Gasteiger partial charge in [0.15, 0.2) is 0 Å². The average molecular weight is 232 g/mol. The van der Waals surface area contributed by atoms with Crippen LogP contribution in [0.25, 0.3) is 10.9 Å². The molecule has 0 aliphatic rings. The van der Waals surface area contributed by atoms with Crippen LogP contribution in [-0.4, -0.2) is 16.5 Å². The standard InChI is InChI=1S/C13H16N2O2/c1-9(2)12(8-15(16)17)11-7-14-13-6-4-3-5-10(11)13/h3-7,9,12,14H,8H2,1-2H3/t12-/m1/s1. The molecule has 1 aromatic carbocycles. The number of benzene rings is 1. The highest BCUT2D eigenvalue weighted by Gasteiger charge is 2.24. The Labute approximate surface area is 99.8 Å². The molecule has 17 heavy (non-hydrogen) atoms. The van der Waals surface area contributed by atoms with Crippen molar-refractivity contribution >= 4 is 10.9 Å². The van der Waals surface area contributed by atoms with Crippen molar-refractivity contribution in [3.05, 3.63) is 46.1 Å². The van der Waals surface area contributed by atoms with Crippen LogP contribution < -0.4 is 0 Å². The van der Waals surface area contributed by atoms with Crippen molar-refractivity contribution in [3.63, 3.8) is 0 Å². The number of nitro groups is 1. The van der Waals surface area contributed by atoms with Crippen LogP contribution in [0.1, 0.15) is 25.3 Å². The summed E-state index contributed by atoms with van der Waals surface area (Å²) in [6, 6.07) is 7.92. The Morgan fingerprint density at radius 3 is 2.71 bits per heavy atom. The Morgan fingerprint density at radius 1 is 1.35 bits per heavy atom. The van der Waals surface area contributed by atoms with Gasteiger partial charge in [-0.1, -0.05) is 32.0 Å². The zero-order valence-corrected chi connectivity index (χ0v) is 10.0. The van der Waals surface area contributed by atoms with Crippen molar-refractivity contribution in [1.29, 1.82) is 0 Å². The van der Waals surface area contributed by atoms with Crippen molar-refractivity contribution < 1.29 is 4.92 Å². The molecular formula is C13H16N2O2. The minimum Gasteiger partial charge on any atom is -0.361 e. The molecule has 2 rings (SSSR count). The average Bonchev–Trinajstić information content (AvgIpc) is 2.69. The maximum Gasteiger partial charge on any atom is 0.211 e. The lowest BCUT2D eigenvalue weighted by atomic mass is 9.88. The molecule has 1 heterocycles. The lowest BCUT2D eigenvalue weighted by molar-refractivity contribution is -0.484. The summed E-state index contributed by atoms with van der Waals surface area (Å²) >= 11 is 0. The number of fused-ring (bicyclic) bond motifs is 1. The van der Waals surface area contributed by atoms with Crippen LogP contribution in [0.3, 0.4) is 0 Å². The molecule has 0 unspecified atom stereocenters. The first kappa shape index (κ1) is 11.6. The summed E-state index contributed by atoms with van der Waals surface area (Å²) in [5.41, 5.74) is 2.09. The van der Waals surface area contributed by atoms with E-state index in [-0.39, 0.29) is 23.3 Å². The van der Waals surface area contributed by atoms with Gasteiger partial charge in [0.2, 0.25) is 6.54 Å². The number of aromatic nitrogens is 1. The second-order valence-electron chi connectivity index (χ2n) is 4.66. The molecule has 1 aromatic heterocycles. The number of rotatable bonds is 4. The van der Waals surface area contributed by atoms with Gasteiger partial charge in [-0.3, -0.25) is 10.1 Å². The minimum absolute atomic E-state index is 0.0144. The Bertz CT molecular complexity index is 531. The molecule has 1 atom stereocenters. The fourth-order valence-electron chi connectivity index (χ4n) is 2.23. The van der Waals surface area contributed by atoms with Gasteiger partial charge in [-0.25, -0.2) is 0 Å². The van der Waals surface area contributed by atoms with Gasteiger partial charge in [0.1, 0.15) is 0 Å². The van der Waals surface area contributed by atoms with E-state index < -0.39 is 0 Å². The SMILES string of the molecule is CC(C)[C@@H](C[N+](=O)[O-])c1c[nH]c2ccccc12. The number of para-hydroxylation sites is 1. The molecule has 0 saturated carbocycles. The lowest BCUT2D eigenvalue weighted by Gasteiger charge is -2.15. The normalized spacial score (nSPS) is 13.1. The van der Waals surface area contributed by atoms with Crippen molar-refractivity contribution in [3.8, 4) is 0 Å². The maximum absolute atomic E-state index is 10.7. The topological polar surface area (TPSA) is 58.9 Å². The van der Waals surface area contributed by atoms with E-state index in [4.69, 9.17) is 0 Å². The third kappa shape index (κ3) is 2.30. The van der Waals surface area contributed by atoms with Gasteiger partial charge >= 0.3 is 0 Å². The first-order valence-corrected chi connectivity index (χ1v) is 5.77. The van der Waals surface area contributed by atoms with Crippen molar-refractivity contribution in [2.45, 2.75) is 19.8 Å². The van der Waals surface area contributed by atoms with Crippen LogP contribution >= 0.6 is 0 Å². The van der Waals surface area contributed by atoms with E-state index in [1.807, 2.05) is 44.3 Å². The first-order valence-electron chi connectivity index (χ1n) is 5.77. The van der Waals surface area contributed by atoms with E-state index in [9.17, 15) is 10.1 Å². The fraction of sp³-hybridized carbons (Fsp3) is 0.385. The Kier molecular flexibility index (Phi) is 3.13. The van der Waals surface area contributed by atoms with E-state index in [0.717, 1.165) is 16.5 Å². The number of aromatic amines is 1. The smallest absolute Gasteiger partial charge is 0.211 e. The monoisotopic (exact) mass is 232 g/mol. The van der Waals surface area contributed by atoms with E-state index in [2.05, 4.69) is 4.98 Å². The number of H-pyrrole nitrogens is 1. The van der Waals surface area contributed by atoms with Gasteiger partial charge < -0.3 is 4.98 Å². The summed E-state index contributed by atoms with van der Waals surface area (Å²) in [7, 11) is 0. The molecule has 4 heteroatoms. The van der Waals surface area contributed by atoms with Crippen LogP contribution in [0.5, 0.6) is 0 Å². The molecule has 0 aliphatic carbocycles. The molecule has 0 amide bonds. The highest BCUT2D eigenvalue weighted by molar-refractivity contribution is 5.83. The largest absolute Gasteiger partial charge is 0.361 e. The number of hydrogen-bond acceptors (Lipinski definition) is 2. The van der Waals surface area contributed by atoms with Crippen molar-refractivity contribution in [2.24, 2.45) is 5.92 Å². The predicted octanol–water partition coefficient (Wildman–Crippen LogP) is 3.18. The Hall–Kier alpha value is -1.84. The fourth-order valence-corrected chi connectivity index (χ4v) is 2.23. The van der Waals surface area contributed by atoms with Gasteiger partial charge in [-0.2, -0.15) is 0 Å². The van der Waals surface area contributed by atoms with Crippen LogP contribution in [0.15, 0.2) is 30.5 Å². The predicted molar refractivity (Wildman–Crippen MR) is 67.7 cm³/mol. The maximum atomic E-state index is 10.7. The summed E-state index contributed by atoms with van der Waals surface area (Å²) in [5.74, 6) is 0.209. The van der Waals surface area contributed by atoms with Gasteiger partial charge in [0.25, 0.3) is 0 Å². The second kappa shape index (κ2) is 4.57. The number of nitrogens with one attached hydrogen (secondary N) is 1. The Balaban J connectivity index is 2.45. The van der Waals surface area contributed by atoms with Crippen molar-refractivity contribution in [2.75, 3.05) is 6.54 Å². The van der Waals surface area contributed by atoms with Gasteiger partial charge in [0.05, 0.1) is 5.92 Å². The Morgan fingerprint density at radius 2 is 2.06 bits per heavy atom. The van der Waals surface area contributed by atoms with E-state index in [1.54, 1.807) is 0 Å². The molecule has 90 valence electrons. The zero-order valence-electron chi connectivity index (χ0n) is 10.0. The van der Waals surface area contributed by atoms with Crippen LogP contribution in [-0.2, 0) is 0 Å². The number of hydrogen-bond donors (Lipinski definition) is 1. The molecule has 4 nitrogen and oxygen atoms in total. The highest BCUT2D eigenvalue weighted by Crippen LogP contribution is 2.30. The molecule has 0 fully saturated rings. The van der Waals surface area contributed by atoms with Gasteiger partial charge in [0, 0.05) is 22.0 Å². The van der Waals surface area contributed by atoms with Crippen LogP contribution in [0.4, 0.5) is 0 Å². The molecule has 2 aromatic rings. The van der Waals surface area contributed by atoms with Crippen molar-refractivity contribution in [1.82, 2.24) is 4.98 Å². The molecule has 0 radical (unpaired) electrons. The summed E-state index contributed by atoms with van der Waals surface area (Å²) in [6.45, 7) is 4.03. The lowest BCUT2D eigenvalue weighted by Crippen LogP contribution is -2.17. The molecular weight excluding hydrogens is 216 g/mol. The molecule has 1 N–H and O–H groups in total. The van der Waals surface area contributed by atoms with E-state index in [0.29, 0.717) is 0 Å². The zero-order chi connectivity index (χ0) is 12.4. The van der Waals surface area contributed by atoms with Crippen LogP contribution in [0, 0.1) is 16.0 Å². The minimum atomic E-state index is -0.230. The third-order valence-corrected chi connectivity index (χ3v) is 3.17. The summed E-state index contributed by atoms with van der Waals surface area (Å²) in [4.78, 5) is 13.7. The van der Waals surface area contributed by atoms with Gasteiger partial charge in [-0.05, 0) is 17.5 Å². The summed E-state index contributed by atoms with van der Waals surface area (Å²) < 4.78 is 0. The quantitative estimate of drug-likeness (QED) is 0.650. The molecule has 0 spiro atoms. The van der Waals surface area contributed by atoms with E-state index in [1.165, 1.54) is 0 Å². The summed E-state index contributed by atoms with van der Waals surface area (Å²) in [5, 5.41) is 11.8. The van der Waals surface area contributed by atoms with Crippen LogP contribution in [0.2, 0.25) is 0 Å². The number of nitrogens with zero attached hydrogens (tertiary/aromatic N) is 1. The second-order valence-corrected chi connectivity index (χ2v) is 4.66. The van der Waals surface area contributed by atoms with E-state index >= 15 is 0 Å². The summed E-state index contributed by atoms with van der Waals surface area (Å²) in [6.07, 6.45) is 1.90. The van der Waals surface area contributed by atoms with Gasteiger partial charge in [-0.15, -0.1) is 0 Å². The molecule has 0 aliphatic heterocycles. The molecule has 0 saturated heterocycles. The molecule has 0 bridgehead atoms. The third-order valence-electron chi connectivity index (χ3n) is 3.17. The highest BCUT2D eigenvalue weighted by atomic mass is 16.6. The first-order chi connectivity index (χ1) is 8.09.